The lowest BCUT2D eigenvalue weighted by Gasteiger charge is -2.27. The molecule has 16 heteroatoms. The minimum Gasteiger partial charge on any atom is -0.361 e. The molecule has 9 rings (SSSR count). The van der Waals surface area contributed by atoms with Gasteiger partial charge in [0.05, 0.1) is 27.9 Å². The van der Waals surface area contributed by atoms with Crippen LogP contribution < -0.4 is 16.0 Å². The van der Waals surface area contributed by atoms with Gasteiger partial charge in [0.1, 0.15) is 29.1 Å². The minimum absolute atomic E-state index is 0.00673. The number of aryl methyl sites for hydroxylation is 5. The van der Waals surface area contributed by atoms with Crippen LogP contribution in [-0.4, -0.2) is 76.9 Å². The fourth-order valence-electron chi connectivity index (χ4n) is 8.27. The molecular weight excluding hydrogens is 741 g/mol. The van der Waals surface area contributed by atoms with Gasteiger partial charge in [-0.2, -0.15) is 5.10 Å². The Morgan fingerprint density at radius 1 is 0.966 bits per heavy atom. The van der Waals surface area contributed by atoms with E-state index in [9.17, 15) is 24.0 Å². The average molecular weight is 783 g/mol. The molecule has 296 valence electrons. The van der Waals surface area contributed by atoms with Crippen LogP contribution in [0.25, 0.3) is 33.1 Å². The van der Waals surface area contributed by atoms with Gasteiger partial charge in [-0.1, -0.05) is 17.3 Å². The zero-order chi connectivity index (χ0) is 40.4. The number of unbranched alkanes of at least 4 members (excludes halogenated alkanes) is 1. The highest BCUT2D eigenvalue weighted by Gasteiger charge is 2.45. The van der Waals surface area contributed by atoms with Gasteiger partial charge in [0.2, 0.25) is 17.6 Å². The zero-order valence-corrected chi connectivity index (χ0v) is 32.6. The molecule has 1 saturated heterocycles. The molecule has 2 fully saturated rings. The molecule has 3 aliphatic rings. The lowest BCUT2D eigenvalue weighted by atomic mass is 9.97. The molecule has 5 amide bonds. The number of hydrogen-bond acceptors (Lipinski definition) is 11. The Balaban J connectivity index is 0.947. The van der Waals surface area contributed by atoms with Crippen molar-refractivity contribution in [3.63, 3.8) is 0 Å². The van der Waals surface area contributed by atoms with Crippen molar-refractivity contribution in [1.29, 1.82) is 0 Å². The van der Waals surface area contributed by atoms with Crippen molar-refractivity contribution in [2.24, 2.45) is 0 Å². The van der Waals surface area contributed by atoms with Crippen LogP contribution in [0.15, 0.2) is 40.9 Å². The number of carbonyl (C=O) groups excluding carboxylic acids is 5. The van der Waals surface area contributed by atoms with Crippen LogP contribution in [0.4, 0.5) is 11.6 Å². The predicted octanol–water partition coefficient (Wildman–Crippen LogP) is 5.68. The molecule has 2 aliphatic heterocycles. The van der Waals surface area contributed by atoms with Crippen molar-refractivity contribution in [2.75, 3.05) is 11.9 Å². The molecule has 1 atom stereocenters. The van der Waals surface area contributed by atoms with Gasteiger partial charge in [-0.25, -0.2) is 14.6 Å². The Bertz CT molecular complexity index is 2700. The molecule has 4 N–H and O–H groups in total. The molecule has 1 saturated carbocycles. The number of H-pyrrole nitrogens is 1. The van der Waals surface area contributed by atoms with Gasteiger partial charge in [0.25, 0.3) is 17.7 Å². The standard InChI is InChI=1S/C42H42N10O6/c1-5-51-31(19-28(49-51)23-12-13-23)45-37-35-27-17-20(2)26(33-21(3)50-58-22(33)4)18-29(27)44-36(35)47-38(48-37)40(55)43-16-7-6-9-24-10-8-11-25-34(24)42(57)52(41(25)56)30-14-15-32(53)46-39(30)54/h8,10-11,17-19,23,30H,5-7,9,12-16H2,1-4H3,(H,43,55)(H,46,53,54)(H2,44,45,47,48). The number of nitrogens with one attached hydrogen (secondary N) is 4. The maximum Gasteiger partial charge on any atom is 0.289 e. The van der Waals surface area contributed by atoms with E-state index in [4.69, 9.17) is 19.6 Å². The molecule has 0 bridgehead atoms. The van der Waals surface area contributed by atoms with E-state index in [1.54, 1.807) is 18.2 Å². The summed E-state index contributed by atoms with van der Waals surface area (Å²) in [6.45, 7) is 8.85. The first-order valence-corrected chi connectivity index (χ1v) is 19.7. The molecule has 4 aromatic heterocycles. The SMILES string of the molecule is CCn1nc(C2CC2)cc1Nc1nc(C(=O)NCCCCc2cccc3c2C(=O)N(C2CCC(=O)NC2=O)C3=O)nc2[nH]c3cc(-c4c(C)noc4C)c(C)cc3c12. The van der Waals surface area contributed by atoms with Crippen LogP contribution in [0, 0.1) is 20.8 Å². The number of aromatic nitrogens is 6. The first-order valence-electron chi connectivity index (χ1n) is 19.7. The van der Waals surface area contributed by atoms with Crippen molar-refractivity contribution in [3.8, 4) is 11.1 Å². The number of hydrogen-bond donors (Lipinski definition) is 4. The topological polar surface area (TPSA) is 210 Å². The van der Waals surface area contributed by atoms with Crippen LogP contribution in [-0.2, 0) is 22.6 Å². The van der Waals surface area contributed by atoms with E-state index in [2.05, 4.69) is 44.3 Å². The largest absolute Gasteiger partial charge is 0.361 e. The van der Waals surface area contributed by atoms with Crippen molar-refractivity contribution in [2.45, 2.75) is 91.1 Å². The molecular formula is C42H42N10O6. The van der Waals surface area contributed by atoms with Crippen LogP contribution in [0.5, 0.6) is 0 Å². The summed E-state index contributed by atoms with van der Waals surface area (Å²) in [5.41, 5.74) is 7.31. The fourth-order valence-corrected chi connectivity index (χ4v) is 8.27. The minimum atomic E-state index is -1.03. The van der Waals surface area contributed by atoms with Crippen molar-refractivity contribution >= 4 is 63.1 Å². The van der Waals surface area contributed by atoms with Crippen LogP contribution in [0.1, 0.15) is 111 Å². The van der Waals surface area contributed by atoms with Gasteiger partial charge < -0.3 is 20.1 Å². The Morgan fingerprint density at radius 2 is 1.79 bits per heavy atom. The first kappa shape index (κ1) is 36.9. The van der Waals surface area contributed by atoms with E-state index in [1.165, 1.54) is 0 Å². The smallest absolute Gasteiger partial charge is 0.289 e. The average Bonchev–Trinajstić information content (AvgIpc) is 3.66. The van der Waals surface area contributed by atoms with Crippen LogP contribution in [0.3, 0.4) is 0 Å². The third kappa shape index (κ3) is 6.37. The number of amides is 5. The number of imide groups is 2. The number of rotatable bonds is 12. The third-order valence-corrected chi connectivity index (χ3v) is 11.4. The summed E-state index contributed by atoms with van der Waals surface area (Å²) in [5, 5.41) is 19.3. The van der Waals surface area contributed by atoms with Gasteiger partial charge in [0.15, 0.2) is 0 Å². The summed E-state index contributed by atoms with van der Waals surface area (Å²) < 4.78 is 7.39. The van der Waals surface area contributed by atoms with Gasteiger partial charge in [0, 0.05) is 48.0 Å². The zero-order valence-electron chi connectivity index (χ0n) is 32.6. The third-order valence-electron chi connectivity index (χ3n) is 11.4. The maximum atomic E-state index is 13.7. The van der Waals surface area contributed by atoms with Gasteiger partial charge in [-0.3, -0.25) is 34.2 Å². The predicted molar refractivity (Wildman–Crippen MR) is 213 cm³/mol. The van der Waals surface area contributed by atoms with E-state index >= 15 is 0 Å². The number of carbonyl (C=O) groups is 5. The highest BCUT2D eigenvalue weighted by Crippen LogP contribution is 2.41. The van der Waals surface area contributed by atoms with Crippen LogP contribution >= 0.6 is 0 Å². The number of nitrogens with zero attached hydrogens (tertiary/aromatic N) is 6. The molecule has 0 radical (unpaired) electrons. The van der Waals surface area contributed by atoms with Gasteiger partial charge >= 0.3 is 0 Å². The summed E-state index contributed by atoms with van der Waals surface area (Å²) in [6.07, 6.45) is 4.01. The summed E-state index contributed by atoms with van der Waals surface area (Å²) in [7, 11) is 0. The second-order valence-electron chi connectivity index (χ2n) is 15.3. The van der Waals surface area contributed by atoms with E-state index in [0.717, 1.165) is 73.7 Å². The van der Waals surface area contributed by atoms with Crippen LogP contribution in [0.2, 0.25) is 0 Å². The molecule has 1 aliphatic carbocycles. The number of aromatic amines is 1. The molecule has 1 unspecified atom stereocenters. The second kappa shape index (κ2) is 14.3. The van der Waals surface area contributed by atoms with Crippen molar-refractivity contribution < 1.29 is 28.5 Å². The van der Waals surface area contributed by atoms with E-state index in [0.29, 0.717) is 55.3 Å². The molecule has 16 nitrogen and oxygen atoms in total. The monoisotopic (exact) mass is 782 g/mol. The second-order valence-corrected chi connectivity index (χ2v) is 15.3. The van der Waals surface area contributed by atoms with E-state index in [-0.39, 0.29) is 29.8 Å². The quantitative estimate of drug-likeness (QED) is 0.0876. The number of benzene rings is 2. The normalized spacial score (nSPS) is 16.8. The molecule has 2 aromatic carbocycles. The summed E-state index contributed by atoms with van der Waals surface area (Å²) in [5.74, 6) is -0.154. The number of piperidine rings is 1. The Morgan fingerprint density at radius 3 is 2.53 bits per heavy atom. The molecule has 58 heavy (non-hydrogen) atoms. The molecule has 6 aromatic rings. The number of fused-ring (bicyclic) bond motifs is 4. The summed E-state index contributed by atoms with van der Waals surface area (Å²) in [4.78, 5) is 78.7. The Hall–Kier alpha value is -6.71. The van der Waals surface area contributed by atoms with Crippen molar-refractivity contribution in [3.05, 3.63) is 81.6 Å². The van der Waals surface area contributed by atoms with E-state index < -0.39 is 35.6 Å². The Kier molecular flexibility index (Phi) is 9.13. The lowest BCUT2D eigenvalue weighted by molar-refractivity contribution is -0.136. The number of anilines is 2. The van der Waals surface area contributed by atoms with Gasteiger partial charge in [-0.15, -0.1) is 0 Å². The van der Waals surface area contributed by atoms with Crippen molar-refractivity contribution in [1.82, 2.24) is 45.4 Å². The highest BCUT2D eigenvalue weighted by molar-refractivity contribution is 6.24. The fraction of sp³-hybridized carbons (Fsp3) is 0.357. The van der Waals surface area contributed by atoms with E-state index in [1.807, 2.05) is 32.4 Å². The molecule has 6 heterocycles. The first-order chi connectivity index (χ1) is 28.0. The summed E-state index contributed by atoms with van der Waals surface area (Å²) >= 11 is 0. The summed E-state index contributed by atoms with van der Waals surface area (Å²) in [6, 6.07) is 10.3. The molecule has 0 spiro atoms. The highest BCUT2D eigenvalue weighted by atomic mass is 16.5. The maximum absolute atomic E-state index is 13.7. The Labute approximate surface area is 332 Å². The van der Waals surface area contributed by atoms with Gasteiger partial charge in [-0.05, 0) is 101 Å². The lowest BCUT2D eigenvalue weighted by Crippen LogP contribution is -2.54.